The number of nitrogens with zero attached hydrogens (tertiary/aromatic N) is 3. The molecule has 1 fully saturated rings. The van der Waals surface area contributed by atoms with Crippen molar-refractivity contribution in [2.75, 3.05) is 19.7 Å². The molecule has 0 radical (unpaired) electrons. The molecule has 1 aliphatic heterocycles. The minimum atomic E-state index is -0.367. The second-order valence-electron chi connectivity index (χ2n) is 6.57. The number of amides is 1. The first-order chi connectivity index (χ1) is 12.2. The average molecular weight is 339 g/mol. The Labute approximate surface area is 148 Å². The molecule has 1 aromatic carbocycles. The first kappa shape index (κ1) is 17.4. The van der Waals surface area contributed by atoms with E-state index in [1.54, 1.807) is 12.3 Å². The number of aliphatic hydroxyl groups is 1. The highest BCUT2D eigenvalue weighted by Gasteiger charge is 2.37. The van der Waals surface area contributed by atoms with Crippen molar-refractivity contribution in [2.45, 2.75) is 31.7 Å². The van der Waals surface area contributed by atoms with Crippen molar-refractivity contribution in [1.29, 1.82) is 0 Å². The molecule has 132 valence electrons. The van der Waals surface area contributed by atoms with Crippen LogP contribution in [-0.2, 0) is 16.8 Å². The molecule has 0 bridgehead atoms. The summed E-state index contributed by atoms with van der Waals surface area (Å²) in [4.78, 5) is 14.5. The number of aromatic nitrogens is 2. The number of benzene rings is 1. The fourth-order valence-electron chi connectivity index (χ4n) is 3.58. The second kappa shape index (κ2) is 7.66. The Bertz CT molecular complexity index is 738. The highest BCUT2D eigenvalue weighted by molar-refractivity contribution is 5.91. The van der Waals surface area contributed by atoms with Crippen LogP contribution < -0.4 is 0 Å². The molecule has 0 spiro atoms. The molecule has 1 unspecified atom stereocenters. The van der Waals surface area contributed by atoms with Crippen molar-refractivity contribution in [1.82, 2.24) is 14.7 Å². The third-order valence-electron chi connectivity index (χ3n) is 5.02. The molecule has 1 atom stereocenters. The smallest absolute Gasteiger partial charge is 0.246 e. The molecule has 25 heavy (non-hydrogen) atoms. The number of hydrogen-bond donors (Lipinski definition) is 1. The summed E-state index contributed by atoms with van der Waals surface area (Å²) in [5.74, 6) is -0.0164. The lowest BCUT2D eigenvalue weighted by atomic mass is 9.74. The topological polar surface area (TPSA) is 58.4 Å². The van der Waals surface area contributed by atoms with Gasteiger partial charge in [0, 0.05) is 37.3 Å². The van der Waals surface area contributed by atoms with Gasteiger partial charge in [-0.2, -0.15) is 5.10 Å². The van der Waals surface area contributed by atoms with E-state index < -0.39 is 0 Å². The summed E-state index contributed by atoms with van der Waals surface area (Å²) < 4.78 is 1.85. The SMILES string of the molecule is CCn1nccc1/C=C/C(=O)N1CCCC(CO)(c2ccccc2)C1. The lowest BCUT2D eigenvalue weighted by Crippen LogP contribution is -2.50. The van der Waals surface area contributed by atoms with Gasteiger partial charge in [-0.1, -0.05) is 30.3 Å². The zero-order chi connectivity index (χ0) is 17.7. The fourth-order valence-corrected chi connectivity index (χ4v) is 3.58. The largest absolute Gasteiger partial charge is 0.395 e. The quantitative estimate of drug-likeness (QED) is 0.852. The van der Waals surface area contributed by atoms with Gasteiger partial charge in [-0.05, 0) is 37.5 Å². The maximum absolute atomic E-state index is 12.7. The van der Waals surface area contributed by atoms with Crippen LogP contribution in [0.1, 0.15) is 31.0 Å². The van der Waals surface area contributed by atoms with Gasteiger partial charge < -0.3 is 10.0 Å². The average Bonchev–Trinajstić information content (AvgIpc) is 3.14. The van der Waals surface area contributed by atoms with Crippen LogP contribution in [0.5, 0.6) is 0 Å². The molecule has 1 N–H and O–H groups in total. The van der Waals surface area contributed by atoms with Gasteiger partial charge in [0.1, 0.15) is 0 Å². The standard InChI is InChI=1S/C20H25N3O2/c1-2-23-18(11-13-21-23)9-10-19(25)22-14-6-12-20(15-22,16-24)17-7-4-3-5-8-17/h3-5,7-11,13,24H,2,6,12,14-16H2,1H3/b10-9+. The van der Waals surface area contributed by atoms with Crippen LogP contribution >= 0.6 is 0 Å². The molecule has 5 nitrogen and oxygen atoms in total. The van der Waals surface area contributed by atoms with E-state index in [4.69, 9.17) is 0 Å². The van der Waals surface area contributed by atoms with Gasteiger partial charge in [-0.15, -0.1) is 0 Å². The Morgan fingerprint density at radius 1 is 1.32 bits per heavy atom. The number of rotatable bonds is 5. The van der Waals surface area contributed by atoms with E-state index in [-0.39, 0.29) is 17.9 Å². The van der Waals surface area contributed by atoms with E-state index in [2.05, 4.69) is 5.10 Å². The van der Waals surface area contributed by atoms with Crippen LogP contribution in [0.3, 0.4) is 0 Å². The van der Waals surface area contributed by atoms with Gasteiger partial charge in [-0.3, -0.25) is 9.48 Å². The minimum absolute atomic E-state index is 0.0164. The van der Waals surface area contributed by atoms with Gasteiger partial charge in [0.15, 0.2) is 0 Å². The molecule has 1 saturated heterocycles. The fraction of sp³-hybridized carbons (Fsp3) is 0.400. The number of aliphatic hydroxyl groups excluding tert-OH is 1. The summed E-state index contributed by atoms with van der Waals surface area (Å²) in [7, 11) is 0. The molecule has 0 saturated carbocycles. The number of piperidine rings is 1. The molecular formula is C20H25N3O2. The molecule has 3 rings (SSSR count). The highest BCUT2D eigenvalue weighted by Crippen LogP contribution is 2.33. The number of hydrogen-bond acceptors (Lipinski definition) is 3. The maximum Gasteiger partial charge on any atom is 0.246 e. The van der Waals surface area contributed by atoms with E-state index in [1.807, 2.05) is 59.0 Å². The zero-order valence-electron chi connectivity index (χ0n) is 14.6. The number of aryl methyl sites for hydroxylation is 1. The van der Waals surface area contributed by atoms with Crippen molar-refractivity contribution in [3.8, 4) is 0 Å². The molecule has 1 aromatic heterocycles. The lowest BCUT2D eigenvalue weighted by Gasteiger charge is -2.42. The summed E-state index contributed by atoms with van der Waals surface area (Å²) in [5, 5.41) is 14.3. The molecule has 5 heteroatoms. The van der Waals surface area contributed by atoms with Crippen LogP contribution in [0.25, 0.3) is 6.08 Å². The second-order valence-corrected chi connectivity index (χ2v) is 6.57. The predicted octanol–water partition coefficient (Wildman–Crippen LogP) is 2.47. The minimum Gasteiger partial charge on any atom is -0.395 e. The Morgan fingerprint density at radius 2 is 2.12 bits per heavy atom. The van der Waals surface area contributed by atoms with E-state index >= 15 is 0 Å². The highest BCUT2D eigenvalue weighted by atomic mass is 16.3. The summed E-state index contributed by atoms with van der Waals surface area (Å²) >= 11 is 0. The van der Waals surface area contributed by atoms with Crippen molar-refractivity contribution in [3.05, 3.63) is 59.9 Å². The van der Waals surface area contributed by atoms with Gasteiger partial charge in [-0.25, -0.2) is 0 Å². The van der Waals surface area contributed by atoms with E-state index in [0.717, 1.165) is 37.2 Å². The first-order valence-corrected chi connectivity index (χ1v) is 8.84. The molecule has 1 amide bonds. The third kappa shape index (κ3) is 3.66. The monoisotopic (exact) mass is 339 g/mol. The number of likely N-dealkylation sites (tertiary alicyclic amines) is 1. The number of carbonyl (C=O) groups is 1. The predicted molar refractivity (Wildman–Crippen MR) is 98.0 cm³/mol. The Kier molecular flexibility index (Phi) is 5.34. The maximum atomic E-state index is 12.7. The third-order valence-corrected chi connectivity index (χ3v) is 5.02. The van der Waals surface area contributed by atoms with Crippen LogP contribution in [-0.4, -0.2) is 45.4 Å². The van der Waals surface area contributed by atoms with Crippen LogP contribution in [0.15, 0.2) is 48.7 Å². The normalized spacial score (nSPS) is 21.0. The van der Waals surface area contributed by atoms with Crippen molar-refractivity contribution in [2.24, 2.45) is 0 Å². The van der Waals surface area contributed by atoms with Gasteiger partial charge in [0.25, 0.3) is 0 Å². The molecule has 2 aromatic rings. The Morgan fingerprint density at radius 3 is 2.84 bits per heavy atom. The van der Waals surface area contributed by atoms with E-state index in [9.17, 15) is 9.90 Å². The molecule has 2 heterocycles. The van der Waals surface area contributed by atoms with E-state index in [0.29, 0.717) is 6.54 Å². The van der Waals surface area contributed by atoms with Gasteiger partial charge >= 0.3 is 0 Å². The summed E-state index contributed by atoms with van der Waals surface area (Å²) in [6.45, 7) is 4.11. The summed E-state index contributed by atoms with van der Waals surface area (Å²) in [6.07, 6.45) is 6.95. The number of carbonyl (C=O) groups excluding carboxylic acids is 1. The van der Waals surface area contributed by atoms with E-state index in [1.165, 1.54) is 0 Å². The van der Waals surface area contributed by atoms with Crippen LogP contribution in [0.4, 0.5) is 0 Å². The van der Waals surface area contributed by atoms with Crippen molar-refractivity contribution >= 4 is 12.0 Å². The molecule has 1 aliphatic rings. The van der Waals surface area contributed by atoms with Crippen LogP contribution in [0, 0.1) is 0 Å². The van der Waals surface area contributed by atoms with Crippen LogP contribution in [0.2, 0.25) is 0 Å². The lowest BCUT2D eigenvalue weighted by molar-refractivity contribution is -0.128. The summed E-state index contributed by atoms with van der Waals surface area (Å²) in [5.41, 5.74) is 1.65. The van der Waals surface area contributed by atoms with Crippen molar-refractivity contribution in [3.63, 3.8) is 0 Å². The Balaban J connectivity index is 1.75. The first-order valence-electron chi connectivity index (χ1n) is 8.84. The van der Waals surface area contributed by atoms with Gasteiger partial charge in [0.2, 0.25) is 5.91 Å². The molecular weight excluding hydrogens is 314 g/mol. The van der Waals surface area contributed by atoms with Gasteiger partial charge in [0.05, 0.1) is 12.3 Å². The molecule has 0 aliphatic carbocycles. The zero-order valence-corrected chi connectivity index (χ0v) is 14.6. The summed E-state index contributed by atoms with van der Waals surface area (Å²) in [6, 6.07) is 11.9. The van der Waals surface area contributed by atoms with Crippen molar-refractivity contribution < 1.29 is 9.90 Å². The Hall–Kier alpha value is -2.40.